The van der Waals surface area contributed by atoms with Crippen molar-refractivity contribution in [1.29, 1.82) is 0 Å². The molecule has 84 valence electrons. The summed E-state index contributed by atoms with van der Waals surface area (Å²) in [5.74, 6) is -0.449. The lowest BCUT2D eigenvalue weighted by Gasteiger charge is -2.32. The van der Waals surface area contributed by atoms with E-state index in [4.69, 9.17) is 11.5 Å². The van der Waals surface area contributed by atoms with Crippen molar-refractivity contribution in [2.45, 2.75) is 45.2 Å². The van der Waals surface area contributed by atoms with Crippen molar-refractivity contribution >= 4 is 5.91 Å². The van der Waals surface area contributed by atoms with Crippen LogP contribution in [-0.2, 0) is 4.79 Å². The predicted molar refractivity (Wildman–Crippen MR) is 58.8 cm³/mol. The maximum absolute atomic E-state index is 11.0. The van der Waals surface area contributed by atoms with Gasteiger partial charge in [0, 0.05) is 12.6 Å². The summed E-state index contributed by atoms with van der Waals surface area (Å²) in [6.07, 6.45) is 2.11. The van der Waals surface area contributed by atoms with Crippen molar-refractivity contribution in [3.05, 3.63) is 0 Å². The molecule has 0 saturated carbocycles. The van der Waals surface area contributed by atoms with E-state index in [2.05, 4.69) is 18.7 Å². The van der Waals surface area contributed by atoms with E-state index in [1.165, 1.54) is 0 Å². The molecule has 4 nitrogen and oxygen atoms in total. The van der Waals surface area contributed by atoms with Gasteiger partial charge in [0.25, 0.3) is 0 Å². The Balaban J connectivity index is 4.29. The fraction of sp³-hybridized carbons (Fsp3) is 0.900. The lowest BCUT2D eigenvalue weighted by atomic mass is 10.0. The van der Waals surface area contributed by atoms with E-state index in [0.29, 0.717) is 12.6 Å². The third-order valence-corrected chi connectivity index (χ3v) is 2.71. The summed E-state index contributed by atoms with van der Waals surface area (Å²) in [6.45, 7) is 6.44. The van der Waals surface area contributed by atoms with Crippen molar-refractivity contribution < 1.29 is 4.79 Å². The maximum atomic E-state index is 11.0. The number of carbonyl (C=O) groups is 1. The molecule has 0 aromatic carbocycles. The Morgan fingerprint density at radius 2 is 1.86 bits per heavy atom. The number of nitrogens with two attached hydrogens (primary N) is 2. The van der Waals surface area contributed by atoms with Crippen LogP contribution in [0.2, 0.25) is 0 Å². The minimum absolute atomic E-state index is 0.449. The van der Waals surface area contributed by atoms with E-state index in [-0.39, 0.29) is 0 Å². The molecule has 0 spiro atoms. The van der Waals surface area contributed by atoms with E-state index in [9.17, 15) is 4.79 Å². The molecule has 14 heavy (non-hydrogen) atoms. The van der Waals surface area contributed by atoms with Crippen LogP contribution in [-0.4, -0.2) is 36.0 Å². The monoisotopic (exact) mass is 201 g/mol. The van der Waals surface area contributed by atoms with Gasteiger partial charge >= 0.3 is 0 Å². The molecule has 1 unspecified atom stereocenters. The Morgan fingerprint density at radius 3 is 2.14 bits per heavy atom. The van der Waals surface area contributed by atoms with Crippen LogP contribution in [0.25, 0.3) is 0 Å². The summed E-state index contributed by atoms with van der Waals surface area (Å²) in [5, 5.41) is 0. The van der Waals surface area contributed by atoms with Crippen LogP contribution in [0.3, 0.4) is 0 Å². The zero-order chi connectivity index (χ0) is 11.4. The fourth-order valence-corrected chi connectivity index (χ4v) is 1.64. The Hall–Kier alpha value is -0.610. The van der Waals surface area contributed by atoms with E-state index in [0.717, 1.165) is 12.8 Å². The molecule has 4 N–H and O–H groups in total. The zero-order valence-electron chi connectivity index (χ0n) is 9.71. The summed E-state index contributed by atoms with van der Waals surface area (Å²) < 4.78 is 0. The van der Waals surface area contributed by atoms with Gasteiger partial charge in [0.15, 0.2) is 0 Å². The molecular weight excluding hydrogens is 178 g/mol. The highest BCUT2D eigenvalue weighted by atomic mass is 16.1. The first-order valence-corrected chi connectivity index (χ1v) is 5.14. The smallest absolute Gasteiger partial charge is 0.238 e. The number of hydrogen-bond acceptors (Lipinski definition) is 3. The van der Waals surface area contributed by atoms with Crippen LogP contribution in [0.1, 0.15) is 33.6 Å². The normalized spacial score (nSPS) is 15.9. The van der Waals surface area contributed by atoms with Crippen LogP contribution in [0.15, 0.2) is 0 Å². The molecule has 0 aliphatic carbocycles. The van der Waals surface area contributed by atoms with Gasteiger partial charge in [-0.1, -0.05) is 13.8 Å². The first kappa shape index (κ1) is 13.4. The minimum atomic E-state index is -0.933. The van der Waals surface area contributed by atoms with Gasteiger partial charge in [0.1, 0.15) is 5.54 Å². The molecule has 0 aromatic heterocycles. The van der Waals surface area contributed by atoms with Crippen LogP contribution in [0.4, 0.5) is 0 Å². The number of amides is 1. The number of carbonyl (C=O) groups excluding carboxylic acids is 1. The van der Waals surface area contributed by atoms with Crippen molar-refractivity contribution in [3.63, 3.8) is 0 Å². The van der Waals surface area contributed by atoms with E-state index in [1.807, 2.05) is 7.05 Å². The number of likely N-dealkylation sites (N-methyl/N-ethyl adjacent to an activating group) is 1. The zero-order valence-corrected chi connectivity index (χ0v) is 9.71. The Morgan fingerprint density at radius 1 is 1.43 bits per heavy atom. The molecule has 0 radical (unpaired) electrons. The molecule has 0 saturated heterocycles. The Kier molecular flexibility index (Phi) is 5.08. The van der Waals surface area contributed by atoms with Crippen LogP contribution >= 0.6 is 0 Å². The molecular formula is C10H23N3O. The van der Waals surface area contributed by atoms with Crippen molar-refractivity contribution in [2.24, 2.45) is 11.5 Å². The first-order valence-electron chi connectivity index (χ1n) is 5.14. The summed E-state index contributed by atoms with van der Waals surface area (Å²) in [6, 6.07) is 0.470. The highest BCUT2D eigenvalue weighted by Crippen LogP contribution is 2.09. The van der Waals surface area contributed by atoms with Gasteiger partial charge in [0.05, 0.1) is 0 Å². The van der Waals surface area contributed by atoms with Gasteiger partial charge in [-0.3, -0.25) is 4.79 Å². The first-order chi connectivity index (χ1) is 6.35. The average molecular weight is 201 g/mol. The largest absolute Gasteiger partial charge is 0.368 e. The van der Waals surface area contributed by atoms with E-state index < -0.39 is 11.4 Å². The van der Waals surface area contributed by atoms with Crippen molar-refractivity contribution in [1.82, 2.24) is 4.90 Å². The maximum Gasteiger partial charge on any atom is 0.238 e. The van der Waals surface area contributed by atoms with Gasteiger partial charge < -0.3 is 16.4 Å². The molecule has 1 atom stereocenters. The highest BCUT2D eigenvalue weighted by Gasteiger charge is 2.28. The molecule has 0 aliphatic heterocycles. The third kappa shape index (κ3) is 3.64. The summed E-state index contributed by atoms with van der Waals surface area (Å²) in [7, 11) is 1.98. The van der Waals surface area contributed by atoms with Crippen LogP contribution in [0.5, 0.6) is 0 Å². The number of rotatable bonds is 6. The second-order valence-corrected chi connectivity index (χ2v) is 4.17. The standard InChI is InChI=1S/C10H23N3O/c1-5-8(6-2)13(4)7-10(3,12)9(11)14/h8H,5-7,12H2,1-4H3,(H2,11,14). The topological polar surface area (TPSA) is 72.3 Å². The van der Waals surface area contributed by atoms with Crippen LogP contribution < -0.4 is 11.5 Å². The summed E-state index contributed by atoms with van der Waals surface area (Å²) in [4.78, 5) is 13.1. The molecule has 4 heteroatoms. The molecule has 0 bridgehead atoms. The Bertz CT molecular complexity index is 188. The number of hydrogen-bond donors (Lipinski definition) is 2. The lowest BCUT2D eigenvalue weighted by Crippen LogP contribution is -2.57. The fourth-order valence-electron chi connectivity index (χ4n) is 1.64. The highest BCUT2D eigenvalue weighted by molar-refractivity contribution is 5.84. The second-order valence-electron chi connectivity index (χ2n) is 4.17. The van der Waals surface area contributed by atoms with Crippen LogP contribution in [0, 0.1) is 0 Å². The second kappa shape index (κ2) is 5.32. The number of primary amides is 1. The third-order valence-electron chi connectivity index (χ3n) is 2.71. The Labute approximate surface area is 86.6 Å². The molecule has 0 aromatic rings. The molecule has 0 rings (SSSR count). The van der Waals surface area contributed by atoms with E-state index >= 15 is 0 Å². The van der Waals surface area contributed by atoms with Crippen molar-refractivity contribution in [2.75, 3.05) is 13.6 Å². The summed E-state index contributed by atoms with van der Waals surface area (Å²) >= 11 is 0. The van der Waals surface area contributed by atoms with Crippen molar-refractivity contribution in [3.8, 4) is 0 Å². The molecule has 0 heterocycles. The molecule has 1 amide bonds. The molecule has 0 aliphatic rings. The lowest BCUT2D eigenvalue weighted by molar-refractivity contribution is -0.123. The number of nitrogens with zero attached hydrogens (tertiary/aromatic N) is 1. The van der Waals surface area contributed by atoms with Gasteiger partial charge in [-0.2, -0.15) is 0 Å². The quantitative estimate of drug-likeness (QED) is 0.649. The minimum Gasteiger partial charge on any atom is -0.368 e. The van der Waals surface area contributed by atoms with Gasteiger partial charge in [-0.15, -0.1) is 0 Å². The van der Waals surface area contributed by atoms with Gasteiger partial charge in [-0.05, 0) is 26.8 Å². The van der Waals surface area contributed by atoms with Gasteiger partial charge in [-0.25, -0.2) is 0 Å². The summed E-state index contributed by atoms with van der Waals surface area (Å²) in [5.41, 5.74) is 10.1. The molecule has 0 fully saturated rings. The van der Waals surface area contributed by atoms with E-state index in [1.54, 1.807) is 6.92 Å². The van der Waals surface area contributed by atoms with Gasteiger partial charge in [0.2, 0.25) is 5.91 Å². The predicted octanol–water partition coefficient (Wildman–Crippen LogP) is 0.310. The average Bonchev–Trinajstić information content (AvgIpc) is 2.05. The SMILES string of the molecule is CCC(CC)N(C)CC(C)(N)C(N)=O.